The van der Waals surface area contributed by atoms with Crippen LogP contribution in [0.15, 0.2) is 71.3 Å². The molecule has 4 aromatic rings. The van der Waals surface area contributed by atoms with Crippen molar-refractivity contribution in [2.75, 3.05) is 16.8 Å². The highest BCUT2D eigenvalue weighted by Gasteiger charge is 2.19. The standard InChI is InChI=1S/C20H15BrN6/c21-16-8-6-14(20-23-25-26-24-20)12-18(16)27-11-3-10-22-19-15-5-2-1-4-13(15)7-9-17(19)27/h1-9,11-12,22H,10H2,(H,23,24,25,26). The van der Waals surface area contributed by atoms with E-state index in [1.165, 1.54) is 10.8 Å². The number of hydrogen-bond acceptors (Lipinski definition) is 5. The Bertz CT molecular complexity index is 1150. The van der Waals surface area contributed by atoms with Crippen molar-refractivity contribution in [1.29, 1.82) is 0 Å². The minimum absolute atomic E-state index is 0.638. The van der Waals surface area contributed by atoms with E-state index >= 15 is 0 Å². The highest BCUT2D eigenvalue weighted by atomic mass is 79.9. The van der Waals surface area contributed by atoms with Crippen LogP contribution in [0.2, 0.25) is 0 Å². The van der Waals surface area contributed by atoms with Crippen molar-refractivity contribution >= 4 is 43.8 Å². The lowest BCUT2D eigenvalue weighted by Crippen LogP contribution is -2.10. The van der Waals surface area contributed by atoms with Gasteiger partial charge in [0, 0.05) is 28.2 Å². The molecule has 1 aromatic heterocycles. The predicted octanol–water partition coefficient (Wildman–Crippen LogP) is 4.86. The van der Waals surface area contributed by atoms with Crippen molar-refractivity contribution in [2.45, 2.75) is 0 Å². The maximum Gasteiger partial charge on any atom is 0.179 e. The smallest absolute Gasteiger partial charge is 0.179 e. The molecule has 0 aliphatic carbocycles. The van der Waals surface area contributed by atoms with Crippen molar-refractivity contribution in [3.63, 3.8) is 0 Å². The molecule has 0 saturated carbocycles. The van der Waals surface area contributed by atoms with Crippen LogP contribution < -0.4 is 10.2 Å². The van der Waals surface area contributed by atoms with Crippen LogP contribution >= 0.6 is 15.9 Å². The fourth-order valence-corrected chi connectivity index (χ4v) is 3.82. The fraction of sp³-hybridized carbons (Fsp3) is 0.0500. The highest BCUT2D eigenvalue weighted by Crippen LogP contribution is 2.42. The van der Waals surface area contributed by atoms with Gasteiger partial charge in [0.15, 0.2) is 5.82 Å². The lowest BCUT2D eigenvalue weighted by molar-refractivity contribution is 0.881. The zero-order valence-electron chi connectivity index (χ0n) is 14.2. The van der Waals surface area contributed by atoms with Gasteiger partial charge in [-0.15, -0.1) is 5.10 Å². The van der Waals surface area contributed by atoms with Crippen LogP contribution in [-0.2, 0) is 0 Å². The Hall–Kier alpha value is -3.19. The number of hydrogen-bond donors (Lipinski definition) is 2. The minimum atomic E-state index is 0.638. The van der Waals surface area contributed by atoms with Crippen LogP contribution in [0.3, 0.4) is 0 Å². The monoisotopic (exact) mass is 418 g/mol. The van der Waals surface area contributed by atoms with Crippen LogP contribution in [0.5, 0.6) is 0 Å². The summed E-state index contributed by atoms with van der Waals surface area (Å²) in [6.45, 7) is 0.765. The molecule has 0 spiro atoms. The van der Waals surface area contributed by atoms with E-state index in [9.17, 15) is 0 Å². The van der Waals surface area contributed by atoms with Gasteiger partial charge in [-0.2, -0.15) is 0 Å². The number of nitrogens with zero attached hydrogens (tertiary/aromatic N) is 4. The molecule has 7 heteroatoms. The molecule has 5 rings (SSSR count). The van der Waals surface area contributed by atoms with Crippen molar-refractivity contribution < 1.29 is 0 Å². The van der Waals surface area contributed by atoms with E-state index in [1.54, 1.807) is 0 Å². The zero-order chi connectivity index (χ0) is 18.2. The van der Waals surface area contributed by atoms with Gasteiger partial charge in [0.25, 0.3) is 0 Å². The number of aromatic amines is 1. The molecule has 132 valence electrons. The van der Waals surface area contributed by atoms with Gasteiger partial charge in [-0.05, 0) is 62.1 Å². The summed E-state index contributed by atoms with van der Waals surface area (Å²) in [6.07, 6.45) is 4.21. The molecule has 0 bridgehead atoms. The molecule has 1 aliphatic rings. The Balaban J connectivity index is 1.70. The first-order valence-corrected chi connectivity index (χ1v) is 9.36. The third kappa shape index (κ3) is 2.76. The van der Waals surface area contributed by atoms with Gasteiger partial charge in [-0.25, -0.2) is 5.10 Å². The summed E-state index contributed by atoms with van der Waals surface area (Å²) in [4.78, 5) is 2.18. The molecule has 27 heavy (non-hydrogen) atoms. The number of nitrogens with one attached hydrogen (secondary N) is 2. The van der Waals surface area contributed by atoms with Gasteiger partial charge in [-0.3, -0.25) is 0 Å². The van der Waals surface area contributed by atoms with Crippen LogP contribution in [-0.4, -0.2) is 27.2 Å². The molecular formula is C20H15BrN6. The average Bonchev–Trinajstić information content (AvgIpc) is 3.15. The second-order valence-electron chi connectivity index (χ2n) is 6.23. The highest BCUT2D eigenvalue weighted by molar-refractivity contribution is 9.10. The van der Waals surface area contributed by atoms with Crippen LogP contribution in [0.1, 0.15) is 0 Å². The SMILES string of the molecule is Brc1ccc(-c2nnn[nH]2)cc1N1C=CCNc2c1ccc1ccccc21. The topological polar surface area (TPSA) is 69.7 Å². The van der Waals surface area contributed by atoms with E-state index in [4.69, 9.17) is 0 Å². The van der Waals surface area contributed by atoms with Crippen LogP contribution in [0.25, 0.3) is 22.2 Å². The Labute approximate surface area is 164 Å². The summed E-state index contributed by atoms with van der Waals surface area (Å²) in [5.74, 6) is 0.638. The Kier molecular flexibility index (Phi) is 3.86. The predicted molar refractivity (Wildman–Crippen MR) is 111 cm³/mol. The number of anilines is 3. The maximum atomic E-state index is 4.03. The summed E-state index contributed by atoms with van der Waals surface area (Å²) in [5, 5.41) is 20.2. The second kappa shape index (κ2) is 6.51. The van der Waals surface area contributed by atoms with Gasteiger partial charge < -0.3 is 10.2 Å². The third-order valence-electron chi connectivity index (χ3n) is 4.64. The first kappa shape index (κ1) is 16.0. The third-order valence-corrected chi connectivity index (χ3v) is 5.31. The molecule has 0 radical (unpaired) electrons. The van der Waals surface area contributed by atoms with Crippen molar-refractivity contribution in [3.8, 4) is 11.4 Å². The lowest BCUT2D eigenvalue weighted by Gasteiger charge is -2.24. The van der Waals surface area contributed by atoms with Crippen molar-refractivity contribution in [1.82, 2.24) is 20.6 Å². The molecule has 0 amide bonds. The molecule has 0 saturated heterocycles. The van der Waals surface area contributed by atoms with E-state index in [-0.39, 0.29) is 0 Å². The maximum absolute atomic E-state index is 4.03. The van der Waals surface area contributed by atoms with Gasteiger partial charge in [-0.1, -0.05) is 30.3 Å². The molecule has 6 nitrogen and oxygen atoms in total. The number of fused-ring (bicyclic) bond motifs is 3. The molecule has 0 fully saturated rings. The van der Waals surface area contributed by atoms with E-state index in [2.05, 4.69) is 102 Å². The van der Waals surface area contributed by atoms with Gasteiger partial charge >= 0.3 is 0 Å². The molecule has 0 unspecified atom stereocenters. The number of tetrazole rings is 1. The molecule has 3 aromatic carbocycles. The van der Waals surface area contributed by atoms with Crippen LogP contribution in [0, 0.1) is 0 Å². The first-order chi connectivity index (χ1) is 13.3. The lowest BCUT2D eigenvalue weighted by atomic mass is 10.1. The van der Waals surface area contributed by atoms with E-state index in [1.807, 2.05) is 12.1 Å². The first-order valence-electron chi connectivity index (χ1n) is 8.56. The second-order valence-corrected chi connectivity index (χ2v) is 7.09. The molecule has 2 heterocycles. The number of benzene rings is 3. The number of halogens is 1. The van der Waals surface area contributed by atoms with Crippen molar-refractivity contribution in [3.05, 3.63) is 71.3 Å². The van der Waals surface area contributed by atoms with E-state index in [0.717, 1.165) is 33.6 Å². The summed E-state index contributed by atoms with van der Waals surface area (Å²) in [7, 11) is 0. The number of aromatic nitrogens is 4. The average molecular weight is 419 g/mol. The minimum Gasteiger partial charge on any atom is -0.379 e. The summed E-state index contributed by atoms with van der Waals surface area (Å²) < 4.78 is 0.990. The van der Waals surface area contributed by atoms with E-state index in [0.29, 0.717) is 5.82 Å². The fourth-order valence-electron chi connectivity index (χ4n) is 3.38. The Morgan fingerprint density at radius 2 is 1.93 bits per heavy atom. The summed E-state index contributed by atoms with van der Waals surface area (Å²) >= 11 is 3.70. The number of rotatable bonds is 2. The molecule has 0 atom stereocenters. The largest absolute Gasteiger partial charge is 0.379 e. The van der Waals surface area contributed by atoms with Gasteiger partial charge in [0.05, 0.1) is 17.1 Å². The summed E-state index contributed by atoms with van der Waals surface area (Å²) in [5.41, 5.74) is 4.15. The quantitative estimate of drug-likeness (QED) is 0.486. The van der Waals surface area contributed by atoms with Gasteiger partial charge in [0.1, 0.15) is 0 Å². The van der Waals surface area contributed by atoms with E-state index < -0.39 is 0 Å². The molecular weight excluding hydrogens is 404 g/mol. The Morgan fingerprint density at radius 3 is 2.81 bits per heavy atom. The van der Waals surface area contributed by atoms with Crippen molar-refractivity contribution in [2.24, 2.45) is 0 Å². The van der Waals surface area contributed by atoms with Crippen LogP contribution in [0.4, 0.5) is 17.1 Å². The summed E-state index contributed by atoms with van der Waals surface area (Å²) in [6, 6.07) is 18.8. The number of H-pyrrole nitrogens is 1. The zero-order valence-corrected chi connectivity index (χ0v) is 15.8. The van der Waals surface area contributed by atoms with Gasteiger partial charge in [0.2, 0.25) is 0 Å². The Morgan fingerprint density at radius 1 is 1.00 bits per heavy atom. The normalized spacial score (nSPS) is 13.3. The molecule has 2 N–H and O–H groups in total. The molecule has 1 aliphatic heterocycles.